The molecule has 0 saturated heterocycles. The molecule has 0 aliphatic carbocycles. The zero-order valence-corrected chi connectivity index (χ0v) is 15.2. The summed E-state index contributed by atoms with van der Waals surface area (Å²) in [5.41, 5.74) is 1.62. The van der Waals surface area contributed by atoms with Gasteiger partial charge < -0.3 is 0 Å². The molecule has 9 nitrogen and oxygen atoms in total. The first-order chi connectivity index (χ1) is 13.9. The van der Waals surface area contributed by atoms with Gasteiger partial charge in [-0.15, -0.1) is 0 Å². The third-order valence-electron chi connectivity index (χ3n) is 4.74. The molecule has 0 N–H and O–H groups in total. The van der Waals surface area contributed by atoms with Crippen LogP contribution in [0.15, 0.2) is 48.5 Å². The van der Waals surface area contributed by atoms with Gasteiger partial charge in [0.05, 0.1) is 45.2 Å². The van der Waals surface area contributed by atoms with Gasteiger partial charge in [0.25, 0.3) is 17.5 Å². The fourth-order valence-electron chi connectivity index (χ4n) is 3.33. The molecule has 0 bridgehead atoms. The summed E-state index contributed by atoms with van der Waals surface area (Å²) in [5.74, 6) is -1.21. The monoisotopic (exact) mass is 387 g/mol. The molecule has 1 aliphatic rings. The van der Waals surface area contributed by atoms with Crippen LogP contribution in [0.4, 0.5) is 5.69 Å². The summed E-state index contributed by atoms with van der Waals surface area (Å²) >= 11 is 0. The first-order valence-electron chi connectivity index (χ1n) is 8.61. The Morgan fingerprint density at radius 2 is 1.79 bits per heavy atom. The standard InChI is InChI=1S/C20H13N5O4/c1-12-17(10-21)18(24(22-12)13-5-3-2-4-6-13)11-23-19(26)15-8-7-14(25(28)29)9-16(15)20(23)27/h2-9H,11H2,1H3. The van der Waals surface area contributed by atoms with E-state index in [9.17, 15) is 25.0 Å². The summed E-state index contributed by atoms with van der Waals surface area (Å²) in [6.45, 7) is 1.49. The van der Waals surface area contributed by atoms with Crippen molar-refractivity contribution in [2.75, 3.05) is 0 Å². The van der Waals surface area contributed by atoms with Crippen molar-refractivity contribution in [2.45, 2.75) is 13.5 Å². The third kappa shape index (κ3) is 2.83. The van der Waals surface area contributed by atoms with Crippen LogP contribution in [-0.2, 0) is 6.54 Å². The number of hydrogen-bond donors (Lipinski definition) is 0. The summed E-state index contributed by atoms with van der Waals surface area (Å²) in [6, 6.07) is 14.7. The van der Waals surface area contributed by atoms with E-state index in [4.69, 9.17) is 0 Å². The Kier molecular flexibility index (Phi) is 4.16. The molecule has 2 heterocycles. The van der Waals surface area contributed by atoms with Gasteiger partial charge in [-0.2, -0.15) is 10.4 Å². The van der Waals surface area contributed by atoms with Gasteiger partial charge in [-0.05, 0) is 25.1 Å². The smallest absolute Gasteiger partial charge is 0.269 e. The van der Waals surface area contributed by atoms with Crippen molar-refractivity contribution in [2.24, 2.45) is 0 Å². The second kappa shape index (κ2) is 6.69. The van der Waals surface area contributed by atoms with Gasteiger partial charge in [-0.1, -0.05) is 18.2 Å². The minimum atomic E-state index is -0.643. The lowest BCUT2D eigenvalue weighted by atomic mass is 10.1. The number of nitro benzene ring substituents is 1. The number of amides is 2. The van der Waals surface area contributed by atoms with Crippen molar-refractivity contribution in [3.05, 3.63) is 86.7 Å². The number of aryl methyl sites for hydroxylation is 1. The second-order valence-corrected chi connectivity index (χ2v) is 6.45. The molecule has 1 aliphatic heterocycles. The number of nitrogens with zero attached hydrogens (tertiary/aromatic N) is 5. The van der Waals surface area contributed by atoms with E-state index in [1.807, 2.05) is 18.2 Å². The summed E-state index contributed by atoms with van der Waals surface area (Å²) in [6.07, 6.45) is 0. The highest BCUT2D eigenvalue weighted by Gasteiger charge is 2.38. The predicted octanol–water partition coefficient (Wildman–Crippen LogP) is 2.76. The number of carbonyl (C=O) groups is 2. The van der Waals surface area contributed by atoms with E-state index in [-0.39, 0.29) is 28.9 Å². The van der Waals surface area contributed by atoms with Gasteiger partial charge in [-0.25, -0.2) is 4.68 Å². The van der Waals surface area contributed by atoms with Crippen molar-refractivity contribution in [3.8, 4) is 11.8 Å². The molecule has 0 radical (unpaired) electrons. The van der Waals surface area contributed by atoms with Gasteiger partial charge in [-0.3, -0.25) is 24.6 Å². The van der Waals surface area contributed by atoms with E-state index in [0.717, 1.165) is 11.0 Å². The maximum absolute atomic E-state index is 12.8. The highest BCUT2D eigenvalue weighted by Crippen LogP contribution is 2.29. The molecule has 0 atom stereocenters. The van der Waals surface area contributed by atoms with E-state index < -0.39 is 16.7 Å². The van der Waals surface area contributed by atoms with E-state index >= 15 is 0 Å². The molecule has 9 heteroatoms. The Hall–Kier alpha value is -4.32. The Labute approximate surface area is 164 Å². The largest absolute Gasteiger partial charge is 0.270 e. The van der Waals surface area contributed by atoms with Crippen LogP contribution in [0.2, 0.25) is 0 Å². The van der Waals surface area contributed by atoms with Crippen LogP contribution < -0.4 is 0 Å². The first kappa shape index (κ1) is 18.1. The van der Waals surface area contributed by atoms with Crippen molar-refractivity contribution < 1.29 is 14.5 Å². The lowest BCUT2D eigenvalue weighted by Crippen LogP contribution is -2.30. The lowest BCUT2D eigenvalue weighted by Gasteiger charge is -2.15. The molecule has 1 aromatic heterocycles. The number of nitro groups is 1. The summed E-state index contributed by atoms with van der Waals surface area (Å²) in [7, 11) is 0. The van der Waals surface area contributed by atoms with Crippen molar-refractivity contribution >= 4 is 17.5 Å². The topological polar surface area (TPSA) is 122 Å². The Morgan fingerprint density at radius 3 is 2.45 bits per heavy atom. The number of hydrogen-bond acceptors (Lipinski definition) is 6. The molecule has 0 spiro atoms. The van der Waals surface area contributed by atoms with E-state index in [0.29, 0.717) is 17.1 Å². The zero-order valence-electron chi connectivity index (χ0n) is 15.2. The van der Waals surface area contributed by atoms with Gasteiger partial charge in [0.1, 0.15) is 6.07 Å². The number of nitriles is 1. The molecule has 2 amide bonds. The van der Waals surface area contributed by atoms with Gasteiger partial charge in [0.2, 0.25) is 0 Å². The minimum Gasteiger partial charge on any atom is -0.269 e. The third-order valence-corrected chi connectivity index (χ3v) is 4.74. The quantitative estimate of drug-likeness (QED) is 0.385. The van der Waals surface area contributed by atoms with Crippen LogP contribution in [0.25, 0.3) is 5.69 Å². The highest BCUT2D eigenvalue weighted by molar-refractivity contribution is 6.21. The SMILES string of the molecule is Cc1nn(-c2ccccc2)c(CN2C(=O)c3ccc([N+](=O)[O-])cc3C2=O)c1C#N. The number of carbonyl (C=O) groups excluding carboxylic acids is 2. The summed E-state index contributed by atoms with van der Waals surface area (Å²) in [5, 5.41) is 25.0. The molecule has 29 heavy (non-hydrogen) atoms. The van der Waals surface area contributed by atoms with Crippen LogP contribution in [-0.4, -0.2) is 31.4 Å². The normalized spacial score (nSPS) is 12.8. The second-order valence-electron chi connectivity index (χ2n) is 6.45. The number of rotatable bonds is 4. The predicted molar refractivity (Wildman–Crippen MR) is 100 cm³/mol. The lowest BCUT2D eigenvalue weighted by molar-refractivity contribution is -0.384. The molecule has 0 fully saturated rings. The highest BCUT2D eigenvalue weighted by atomic mass is 16.6. The molecular formula is C20H13N5O4. The van der Waals surface area contributed by atoms with Crippen LogP contribution in [0.5, 0.6) is 0 Å². The zero-order chi connectivity index (χ0) is 20.7. The molecule has 3 aromatic rings. The number of para-hydroxylation sites is 1. The minimum absolute atomic E-state index is 0.0230. The van der Waals surface area contributed by atoms with Crippen molar-refractivity contribution in [3.63, 3.8) is 0 Å². The fraction of sp³-hybridized carbons (Fsp3) is 0.100. The summed E-state index contributed by atoms with van der Waals surface area (Å²) in [4.78, 5) is 36.9. The molecule has 0 saturated carbocycles. The number of imide groups is 1. The average molecular weight is 387 g/mol. The van der Waals surface area contributed by atoms with E-state index in [1.165, 1.54) is 16.8 Å². The Morgan fingerprint density at radius 1 is 1.10 bits per heavy atom. The number of non-ortho nitro benzene ring substituents is 1. The van der Waals surface area contributed by atoms with Crippen LogP contribution in [0.1, 0.15) is 37.7 Å². The van der Waals surface area contributed by atoms with Crippen molar-refractivity contribution in [1.29, 1.82) is 5.26 Å². The first-order valence-corrected chi connectivity index (χ1v) is 8.61. The van der Waals surface area contributed by atoms with E-state index in [2.05, 4.69) is 11.2 Å². The molecular weight excluding hydrogens is 374 g/mol. The average Bonchev–Trinajstić information content (AvgIpc) is 3.17. The van der Waals surface area contributed by atoms with E-state index in [1.54, 1.807) is 19.1 Å². The summed E-state index contributed by atoms with van der Waals surface area (Å²) < 4.78 is 1.53. The molecule has 4 rings (SSSR count). The van der Waals surface area contributed by atoms with Gasteiger partial charge >= 0.3 is 0 Å². The molecule has 2 aromatic carbocycles. The number of aromatic nitrogens is 2. The van der Waals surface area contributed by atoms with Crippen LogP contribution >= 0.6 is 0 Å². The Bertz CT molecular complexity index is 1220. The maximum Gasteiger partial charge on any atom is 0.270 e. The van der Waals surface area contributed by atoms with Crippen molar-refractivity contribution in [1.82, 2.24) is 14.7 Å². The number of fused-ring (bicyclic) bond motifs is 1. The van der Waals surface area contributed by atoms with Gasteiger partial charge in [0, 0.05) is 12.1 Å². The maximum atomic E-state index is 12.8. The fourth-order valence-corrected chi connectivity index (χ4v) is 3.33. The number of benzene rings is 2. The van der Waals surface area contributed by atoms with Crippen LogP contribution in [0.3, 0.4) is 0 Å². The van der Waals surface area contributed by atoms with Crippen LogP contribution in [0, 0.1) is 28.4 Å². The molecule has 142 valence electrons. The van der Waals surface area contributed by atoms with Gasteiger partial charge in [0.15, 0.2) is 0 Å². The molecule has 0 unspecified atom stereocenters. The Balaban J connectivity index is 1.77.